The van der Waals surface area contributed by atoms with Gasteiger partial charge in [-0.3, -0.25) is 24.0 Å². The highest BCUT2D eigenvalue weighted by Gasteiger charge is 2.44. The standard InChI is InChI=1S/C26H30O12/c1-14(28)33-13-22-26(35-16(3)30)21(34-15(2)29)11-24(38-22)37-20-9-8-17(12-27)25-19(20)10-18(36-25)6-5-7-23(31)32-4/h8-10,12,21-22,24,26H,5-7,11,13H2,1-4H3/t21-,22-,24-,26-/m1/s1. The second-order valence-corrected chi connectivity index (χ2v) is 8.64. The minimum Gasteiger partial charge on any atom is -0.469 e. The van der Waals surface area contributed by atoms with Crippen molar-refractivity contribution in [2.75, 3.05) is 13.7 Å². The molecule has 1 aromatic heterocycles. The molecular weight excluding hydrogens is 504 g/mol. The van der Waals surface area contributed by atoms with Crippen molar-refractivity contribution >= 4 is 41.1 Å². The lowest BCUT2D eigenvalue weighted by atomic mass is 10.0. The van der Waals surface area contributed by atoms with E-state index in [1.54, 1.807) is 12.1 Å². The van der Waals surface area contributed by atoms with Crippen LogP contribution in [0.15, 0.2) is 22.6 Å². The number of rotatable bonds is 11. The third-order valence-electron chi connectivity index (χ3n) is 5.70. The fraction of sp³-hybridized carbons (Fsp3) is 0.500. The molecule has 1 fully saturated rings. The Kier molecular flexibility index (Phi) is 9.83. The lowest BCUT2D eigenvalue weighted by Gasteiger charge is -2.39. The predicted octanol–water partition coefficient (Wildman–Crippen LogP) is 2.66. The number of ether oxygens (including phenoxy) is 6. The first-order chi connectivity index (χ1) is 18.1. The summed E-state index contributed by atoms with van der Waals surface area (Å²) in [7, 11) is 1.31. The number of fused-ring (bicyclic) bond motifs is 1. The van der Waals surface area contributed by atoms with Gasteiger partial charge in [-0.2, -0.15) is 0 Å². The molecule has 0 saturated carbocycles. The van der Waals surface area contributed by atoms with Crippen LogP contribution in [0.2, 0.25) is 0 Å². The first-order valence-corrected chi connectivity index (χ1v) is 12.0. The quantitative estimate of drug-likeness (QED) is 0.236. The number of esters is 4. The number of methoxy groups -OCH3 is 1. The first-order valence-electron chi connectivity index (χ1n) is 12.0. The molecule has 2 aromatic rings. The van der Waals surface area contributed by atoms with Crippen LogP contribution in [0.1, 0.15) is 56.2 Å². The molecular formula is C26H30O12. The molecule has 0 aliphatic carbocycles. The Hall–Kier alpha value is -3.93. The van der Waals surface area contributed by atoms with Gasteiger partial charge in [-0.15, -0.1) is 0 Å². The molecule has 12 nitrogen and oxygen atoms in total. The Balaban J connectivity index is 1.87. The van der Waals surface area contributed by atoms with Crippen LogP contribution >= 0.6 is 0 Å². The number of carbonyl (C=O) groups is 5. The molecule has 3 rings (SSSR count). The summed E-state index contributed by atoms with van der Waals surface area (Å²) in [4.78, 5) is 57.9. The van der Waals surface area contributed by atoms with Gasteiger partial charge in [-0.1, -0.05) is 0 Å². The third kappa shape index (κ3) is 7.54. The number of aryl methyl sites for hydroxylation is 1. The van der Waals surface area contributed by atoms with Gasteiger partial charge in [0, 0.05) is 33.6 Å². The van der Waals surface area contributed by atoms with Crippen molar-refractivity contribution < 1.29 is 56.8 Å². The average molecular weight is 535 g/mol. The van der Waals surface area contributed by atoms with Gasteiger partial charge in [-0.25, -0.2) is 0 Å². The van der Waals surface area contributed by atoms with Crippen LogP contribution in [0.25, 0.3) is 11.0 Å². The molecule has 0 unspecified atom stereocenters. The maximum absolute atomic E-state index is 11.8. The molecule has 206 valence electrons. The zero-order chi connectivity index (χ0) is 27.8. The number of hydrogen-bond acceptors (Lipinski definition) is 12. The fourth-order valence-electron chi connectivity index (χ4n) is 4.11. The Bertz CT molecular complexity index is 1180. The maximum atomic E-state index is 11.8. The van der Waals surface area contributed by atoms with E-state index >= 15 is 0 Å². The van der Waals surface area contributed by atoms with Crippen molar-refractivity contribution in [3.63, 3.8) is 0 Å². The Morgan fingerprint density at radius 3 is 2.42 bits per heavy atom. The Morgan fingerprint density at radius 2 is 1.79 bits per heavy atom. The highest BCUT2D eigenvalue weighted by Crippen LogP contribution is 2.35. The van der Waals surface area contributed by atoms with Crippen molar-refractivity contribution in [1.29, 1.82) is 0 Å². The molecule has 0 N–H and O–H groups in total. The monoisotopic (exact) mass is 534 g/mol. The maximum Gasteiger partial charge on any atom is 0.305 e. The van der Waals surface area contributed by atoms with Gasteiger partial charge < -0.3 is 32.8 Å². The molecule has 0 spiro atoms. The number of furan rings is 1. The lowest BCUT2D eigenvalue weighted by Crippen LogP contribution is -2.54. The van der Waals surface area contributed by atoms with Crippen molar-refractivity contribution in [3.8, 4) is 5.75 Å². The van der Waals surface area contributed by atoms with Crippen molar-refractivity contribution in [3.05, 3.63) is 29.5 Å². The van der Waals surface area contributed by atoms with Crippen molar-refractivity contribution in [2.24, 2.45) is 0 Å². The smallest absolute Gasteiger partial charge is 0.305 e. The average Bonchev–Trinajstić information content (AvgIpc) is 3.28. The van der Waals surface area contributed by atoms with Gasteiger partial charge in [0.25, 0.3) is 0 Å². The SMILES string of the molecule is COC(=O)CCCc1cc2c(O[C@H]3C[C@@H](OC(C)=O)[C@@H](OC(C)=O)[C@@H](COC(C)=O)O3)ccc(C=O)c2o1. The van der Waals surface area contributed by atoms with E-state index < -0.39 is 42.5 Å². The van der Waals surface area contributed by atoms with Crippen LogP contribution in [0.4, 0.5) is 0 Å². The van der Waals surface area contributed by atoms with E-state index in [9.17, 15) is 24.0 Å². The van der Waals surface area contributed by atoms with Gasteiger partial charge in [0.1, 0.15) is 35.9 Å². The third-order valence-corrected chi connectivity index (χ3v) is 5.70. The number of aldehydes is 1. The van der Waals surface area contributed by atoms with E-state index in [1.807, 2.05) is 0 Å². The lowest BCUT2D eigenvalue weighted by molar-refractivity contribution is -0.245. The molecule has 4 atom stereocenters. The molecule has 1 aliphatic heterocycles. The van der Waals surface area contributed by atoms with Crippen LogP contribution in [-0.2, 0) is 49.3 Å². The molecule has 1 saturated heterocycles. The van der Waals surface area contributed by atoms with Crippen LogP contribution in [-0.4, -0.2) is 68.5 Å². The fourth-order valence-corrected chi connectivity index (χ4v) is 4.11. The van der Waals surface area contributed by atoms with E-state index in [-0.39, 0.29) is 25.4 Å². The molecule has 1 aliphatic rings. The summed E-state index contributed by atoms with van der Waals surface area (Å²) in [6.07, 6.45) is -2.23. The van der Waals surface area contributed by atoms with Gasteiger partial charge in [0.2, 0.25) is 6.29 Å². The van der Waals surface area contributed by atoms with E-state index in [4.69, 9.17) is 28.1 Å². The molecule has 0 amide bonds. The number of hydrogen-bond donors (Lipinski definition) is 0. The normalized spacial score (nSPS) is 20.8. The summed E-state index contributed by atoms with van der Waals surface area (Å²) in [5.74, 6) is -1.31. The van der Waals surface area contributed by atoms with Crippen LogP contribution in [0, 0.1) is 0 Å². The minimum atomic E-state index is -1.04. The topological polar surface area (TPSA) is 154 Å². The summed E-state index contributed by atoms with van der Waals surface area (Å²) < 4.78 is 38.4. The summed E-state index contributed by atoms with van der Waals surface area (Å²) >= 11 is 0. The van der Waals surface area contributed by atoms with E-state index in [0.717, 1.165) is 0 Å². The van der Waals surface area contributed by atoms with Gasteiger partial charge in [-0.05, 0) is 24.6 Å². The summed E-state index contributed by atoms with van der Waals surface area (Å²) in [6.45, 7) is 3.35. The molecule has 0 radical (unpaired) electrons. The van der Waals surface area contributed by atoms with Crippen LogP contribution in [0.3, 0.4) is 0 Å². The summed E-state index contributed by atoms with van der Waals surface area (Å²) in [6, 6.07) is 4.80. The second-order valence-electron chi connectivity index (χ2n) is 8.64. The zero-order valence-corrected chi connectivity index (χ0v) is 21.6. The largest absolute Gasteiger partial charge is 0.469 e. The zero-order valence-electron chi connectivity index (χ0n) is 21.6. The first kappa shape index (κ1) is 28.6. The van der Waals surface area contributed by atoms with E-state index in [2.05, 4.69) is 4.74 Å². The Labute approximate surface area is 218 Å². The number of carbonyl (C=O) groups excluding carboxylic acids is 5. The predicted molar refractivity (Wildman–Crippen MR) is 128 cm³/mol. The minimum absolute atomic E-state index is 0.00510. The van der Waals surface area contributed by atoms with Crippen LogP contribution in [0.5, 0.6) is 5.75 Å². The highest BCUT2D eigenvalue weighted by molar-refractivity contribution is 5.98. The van der Waals surface area contributed by atoms with Crippen molar-refractivity contribution in [2.45, 2.75) is 71.1 Å². The molecule has 2 heterocycles. The number of benzene rings is 1. The molecule has 1 aromatic carbocycles. The summed E-state index contributed by atoms with van der Waals surface area (Å²) in [5, 5.41) is 0.494. The summed E-state index contributed by atoms with van der Waals surface area (Å²) in [5.41, 5.74) is 0.601. The van der Waals surface area contributed by atoms with Crippen molar-refractivity contribution in [1.82, 2.24) is 0 Å². The van der Waals surface area contributed by atoms with Crippen LogP contribution < -0.4 is 4.74 Å². The molecule has 0 bridgehead atoms. The highest BCUT2D eigenvalue weighted by atomic mass is 16.7. The molecule has 12 heteroatoms. The van der Waals surface area contributed by atoms with Gasteiger partial charge in [0.15, 0.2) is 12.4 Å². The second kappa shape index (κ2) is 13.0. The molecule has 38 heavy (non-hydrogen) atoms. The van der Waals surface area contributed by atoms with E-state index in [0.29, 0.717) is 47.2 Å². The van der Waals surface area contributed by atoms with Gasteiger partial charge >= 0.3 is 23.9 Å². The van der Waals surface area contributed by atoms with E-state index in [1.165, 1.54) is 33.9 Å². The Morgan fingerprint density at radius 1 is 1.05 bits per heavy atom. The van der Waals surface area contributed by atoms with Gasteiger partial charge in [0.05, 0.1) is 24.5 Å².